The summed E-state index contributed by atoms with van der Waals surface area (Å²) >= 11 is 0. The van der Waals surface area contributed by atoms with Crippen molar-refractivity contribution in [1.29, 1.82) is 0 Å². The Kier molecular flexibility index (Phi) is 7.39. The Morgan fingerprint density at radius 1 is 1.12 bits per heavy atom. The van der Waals surface area contributed by atoms with Crippen LogP contribution in [0.1, 0.15) is 60.3 Å². The molecule has 16 heavy (non-hydrogen) atoms. The minimum absolute atomic E-state index is 0.0403. The van der Waals surface area contributed by atoms with Gasteiger partial charge in [0.05, 0.1) is 11.5 Å². The fraction of sp³-hybridized carbons (Fsp3) is 0.923. The third-order valence-electron chi connectivity index (χ3n) is 2.30. The van der Waals surface area contributed by atoms with Crippen molar-refractivity contribution in [2.75, 3.05) is 6.79 Å². The second-order valence-electron chi connectivity index (χ2n) is 5.11. The van der Waals surface area contributed by atoms with Crippen LogP contribution >= 0.6 is 0 Å². The summed E-state index contributed by atoms with van der Waals surface area (Å²) in [5.74, 6) is -0.0773. The highest BCUT2D eigenvalue weighted by Crippen LogP contribution is 2.16. The largest absolute Gasteiger partial charge is 0.438 e. The minimum Gasteiger partial charge on any atom is -0.438 e. The number of ether oxygens (including phenoxy) is 2. The average molecular weight is 230 g/mol. The Hall–Kier alpha value is -0.570. The highest BCUT2D eigenvalue weighted by Gasteiger charge is 2.19. The quantitative estimate of drug-likeness (QED) is 0.496. The molecule has 0 bridgehead atoms. The van der Waals surface area contributed by atoms with Crippen molar-refractivity contribution >= 4 is 5.97 Å². The van der Waals surface area contributed by atoms with E-state index in [0.29, 0.717) is 0 Å². The van der Waals surface area contributed by atoms with E-state index < -0.39 is 0 Å². The van der Waals surface area contributed by atoms with E-state index in [0.717, 1.165) is 25.7 Å². The van der Waals surface area contributed by atoms with Gasteiger partial charge in [0.2, 0.25) is 0 Å². The predicted molar refractivity (Wildman–Crippen MR) is 65.1 cm³/mol. The van der Waals surface area contributed by atoms with Crippen molar-refractivity contribution in [3.8, 4) is 0 Å². The topological polar surface area (TPSA) is 35.5 Å². The molecule has 0 amide bonds. The molecule has 0 rings (SSSR count). The van der Waals surface area contributed by atoms with Crippen molar-refractivity contribution in [1.82, 2.24) is 0 Å². The summed E-state index contributed by atoms with van der Waals surface area (Å²) < 4.78 is 10.5. The monoisotopic (exact) mass is 230 g/mol. The van der Waals surface area contributed by atoms with Crippen molar-refractivity contribution < 1.29 is 14.3 Å². The predicted octanol–water partition coefficient (Wildman–Crippen LogP) is 3.52. The molecule has 0 spiro atoms. The van der Waals surface area contributed by atoms with Gasteiger partial charge in [-0.15, -0.1) is 0 Å². The van der Waals surface area contributed by atoms with E-state index in [4.69, 9.17) is 9.47 Å². The molecule has 3 nitrogen and oxygen atoms in total. The summed E-state index contributed by atoms with van der Waals surface area (Å²) in [5.41, 5.74) is -0.259. The van der Waals surface area contributed by atoms with E-state index >= 15 is 0 Å². The normalized spacial score (nSPS) is 11.9. The number of carbonyl (C=O) groups excluding carboxylic acids is 1. The summed E-state index contributed by atoms with van der Waals surface area (Å²) in [6.45, 7) is 10.1. The van der Waals surface area contributed by atoms with Gasteiger partial charge in [0.15, 0.2) is 6.79 Å². The second-order valence-corrected chi connectivity index (χ2v) is 5.11. The van der Waals surface area contributed by atoms with E-state index in [1.807, 2.05) is 20.8 Å². The zero-order valence-electron chi connectivity index (χ0n) is 11.3. The molecule has 0 aromatic heterocycles. The van der Waals surface area contributed by atoms with Crippen LogP contribution < -0.4 is 0 Å². The first-order chi connectivity index (χ1) is 7.40. The lowest BCUT2D eigenvalue weighted by Crippen LogP contribution is -2.25. The fourth-order valence-electron chi connectivity index (χ4n) is 1.46. The number of esters is 1. The maximum absolute atomic E-state index is 11.7. The van der Waals surface area contributed by atoms with Gasteiger partial charge in [0.25, 0.3) is 0 Å². The first kappa shape index (κ1) is 15.4. The van der Waals surface area contributed by atoms with E-state index in [2.05, 4.69) is 13.8 Å². The Labute approximate surface area is 99.5 Å². The Bertz CT molecular complexity index is 188. The van der Waals surface area contributed by atoms with Gasteiger partial charge >= 0.3 is 5.97 Å². The molecule has 0 aliphatic carbocycles. The first-order valence-electron chi connectivity index (χ1n) is 6.21. The van der Waals surface area contributed by atoms with Gasteiger partial charge < -0.3 is 9.47 Å². The maximum Gasteiger partial charge on any atom is 0.311 e. The van der Waals surface area contributed by atoms with Crippen LogP contribution in [0, 0.1) is 5.92 Å². The molecule has 0 heterocycles. The lowest BCUT2D eigenvalue weighted by molar-refractivity contribution is -0.172. The molecule has 0 radical (unpaired) electrons. The third kappa shape index (κ3) is 7.69. The fourth-order valence-corrected chi connectivity index (χ4v) is 1.46. The molecule has 0 aromatic carbocycles. The average Bonchev–Trinajstić information content (AvgIpc) is 2.15. The van der Waals surface area contributed by atoms with Gasteiger partial charge in [0, 0.05) is 0 Å². The molecular formula is C13H26O3. The molecule has 0 aromatic rings. The number of hydrogen-bond donors (Lipinski definition) is 0. The molecular weight excluding hydrogens is 204 g/mol. The van der Waals surface area contributed by atoms with Crippen LogP contribution in [0.15, 0.2) is 0 Å². The van der Waals surface area contributed by atoms with Crippen LogP contribution in [-0.2, 0) is 14.3 Å². The molecule has 0 atom stereocenters. The second kappa shape index (κ2) is 7.66. The lowest BCUT2D eigenvalue weighted by atomic mass is 9.99. The van der Waals surface area contributed by atoms with Crippen molar-refractivity contribution in [2.24, 2.45) is 5.92 Å². The molecule has 0 unspecified atom stereocenters. The van der Waals surface area contributed by atoms with Gasteiger partial charge in [-0.05, 0) is 33.6 Å². The summed E-state index contributed by atoms with van der Waals surface area (Å²) in [7, 11) is 0. The SMILES string of the molecule is CCCC(CCC)C(=O)OCOC(C)(C)C. The van der Waals surface area contributed by atoms with Crippen LogP contribution in [0.4, 0.5) is 0 Å². The Morgan fingerprint density at radius 2 is 1.62 bits per heavy atom. The van der Waals surface area contributed by atoms with Gasteiger partial charge in [-0.2, -0.15) is 0 Å². The Balaban J connectivity index is 3.91. The van der Waals surface area contributed by atoms with E-state index in [-0.39, 0.29) is 24.3 Å². The number of carbonyl (C=O) groups is 1. The molecule has 96 valence electrons. The molecule has 0 aliphatic rings. The van der Waals surface area contributed by atoms with Crippen molar-refractivity contribution in [2.45, 2.75) is 65.9 Å². The van der Waals surface area contributed by atoms with Gasteiger partial charge in [0.1, 0.15) is 0 Å². The minimum atomic E-state index is -0.259. The molecule has 3 heteroatoms. The van der Waals surface area contributed by atoms with Crippen LogP contribution in [0.25, 0.3) is 0 Å². The highest BCUT2D eigenvalue weighted by molar-refractivity contribution is 5.72. The Morgan fingerprint density at radius 3 is 2.00 bits per heavy atom. The highest BCUT2D eigenvalue weighted by atomic mass is 16.7. The van der Waals surface area contributed by atoms with Crippen molar-refractivity contribution in [3.05, 3.63) is 0 Å². The lowest BCUT2D eigenvalue weighted by Gasteiger charge is -2.20. The molecule has 0 saturated carbocycles. The summed E-state index contributed by atoms with van der Waals surface area (Å²) in [6, 6.07) is 0. The standard InChI is InChI=1S/C13H26O3/c1-6-8-11(9-7-2)12(14)15-10-16-13(3,4)5/h11H,6-10H2,1-5H3. The van der Waals surface area contributed by atoms with Gasteiger partial charge in [-0.3, -0.25) is 4.79 Å². The van der Waals surface area contributed by atoms with Crippen LogP contribution in [-0.4, -0.2) is 18.4 Å². The molecule has 0 fully saturated rings. The molecule has 0 saturated heterocycles. The zero-order valence-corrected chi connectivity index (χ0v) is 11.3. The smallest absolute Gasteiger partial charge is 0.311 e. The van der Waals surface area contributed by atoms with Crippen LogP contribution in [0.3, 0.4) is 0 Å². The summed E-state index contributed by atoms with van der Waals surface area (Å²) in [5, 5.41) is 0. The van der Waals surface area contributed by atoms with Gasteiger partial charge in [-0.1, -0.05) is 26.7 Å². The molecule has 0 N–H and O–H groups in total. The van der Waals surface area contributed by atoms with E-state index in [1.54, 1.807) is 0 Å². The van der Waals surface area contributed by atoms with Crippen LogP contribution in [0.5, 0.6) is 0 Å². The van der Waals surface area contributed by atoms with E-state index in [1.165, 1.54) is 0 Å². The van der Waals surface area contributed by atoms with Crippen LogP contribution in [0.2, 0.25) is 0 Å². The maximum atomic E-state index is 11.7. The first-order valence-corrected chi connectivity index (χ1v) is 6.21. The number of rotatable bonds is 7. The van der Waals surface area contributed by atoms with Crippen molar-refractivity contribution in [3.63, 3.8) is 0 Å². The summed E-state index contributed by atoms with van der Waals surface area (Å²) in [4.78, 5) is 11.7. The van der Waals surface area contributed by atoms with Gasteiger partial charge in [-0.25, -0.2) is 0 Å². The summed E-state index contributed by atoms with van der Waals surface area (Å²) in [6.07, 6.45) is 3.84. The van der Waals surface area contributed by atoms with E-state index in [9.17, 15) is 4.79 Å². The third-order valence-corrected chi connectivity index (χ3v) is 2.30. The zero-order chi connectivity index (χ0) is 12.6. The number of hydrogen-bond acceptors (Lipinski definition) is 3. The molecule has 0 aliphatic heterocycles.